The first-order valence-electron chi connectivity index (χ1n) is 5.97. The van der Waals surface area contributed by atoms with Crippen LogP contribution < -0.4 is 0 Å². The van der Waals surface area contributed by atoms with Crippen LogP contribution in [0.4, 0.5) is 0 Å². The Morgan fingerprint density at radius 2 is 2.06 bits per heavy atom. The number of aryl methyl sites for hydroxylation is 2. The highest BCUT2D eigenvalue weighted by molar-refractivity contribution is 5.87. The van der Waals surface area contributed by atoms with Crippen molar-refractivity contribution < 1.29 is 14.7 Å². The molecule has 1 amide bonds. The van der Waals surface area contributed by atoms with E-state index in [9.17, 15) is 14.7 Å². The summed E-state index contributed by atoms with van der Waals surface area (Å²) in [5, 5.41) is 9.26. The minimum atomic E-state index is -0.904. The Labute approximate surface area is 106 Å². The highest BCUT2D eigenvalue weighted by Gasteiger charge is 2.43. The normalized spacial score (nSPS) is 23.5. The molecule has 96 valence electrons. The van der Waals surface area contributed by atoms with Crippen molar-refractivity contribution in [2.45, 2.75) is 26.3 Å². The number of hydrogen-bond acceptors (Lipinski definition) is 2. The van der Waals surface area contributed by atoms with Crippen LogP contribution in [-0.2, 0) is 9.59 Å². The van der Waals surface area contributed by atoms with E-state index in [4.69, 9.17) is 0 Å². The maximum Gasteiger partial charge on any atom is 0.309 e. The minimum Gasteiger partial charge on any atom is -0.481 e. The van der Waals surface area contributed by atoms with Crippen LogP contribution in [0.5, 0.6) is 0 Å². The fraction of sp³-hybridized carbons (Fsp3) is 0.429. The number of carboxylic acid groups (broad SMARTS) is 1. The van der Waals surface area contributed by atoms with Crippen molar-refractivity contribution >= 4 is 11.9 Å². The van der Waals surface area contributed by atoms with Crippen molar-refractivity contribution in [2.75, 3.05) is 7.05 Å². The van der Waals surface area contributed by atoms with Gasteiger partial charge in [-0.2, -0.15) is 0 Å². The molecular formula is C14H17NO3. The molecule has 0 aromatic heterocycles. The van der Waals surface area contributed by atoms with Gasteiger partial charge in [0.15, 0.2) is 0 Å². The summed E-state index contributed by atoms with van der Waals surface area (Å²) in [7, 11) is 1.68. The van der Waals surface area contributed by atoms with Gasteiger partial charge in [-0.25, -0.2) is 0 Å². The molecule has 2 rings (SSSR count). The lowest BCUT2D eigenvalue weighted by Crippen LogP contribution is -2.27. The quantitative estimate of drug-likeness (QED) is 0.868. The predicted octanol–water partition coefficient (Wildman–Crippen LogP) is 1.91. The van der Waals surface area contributed by atoms with Crippen LogP contribution in [-0.4, -0.2) is 28.9 Å². The van der Waals surface area contributed by atoms with E-state index in [2.05, 4.69) is 0 Å². The number of hydrogen-bond donors (Lipinski definition) is 1. The summed E-state index contributed by atoms with van der Waals surface area (Å²) in [6.45, 7) is 3.92. The molecule has 1 aliphatic rings. The molecule has 4 nitrogen and oxygen atoms in total. The first-order valence-corrected chi connectivity index (χ1v) is 5.97. The van der Waals surface area contributed by atoms with Crippen LogP contribution in [0.1, 0.15) is 29.2 Å². The molecule has 0 aliphatic carbocycles. The van der Waals surface area contributed by atoms with Crippen LogP contribution in [0.25, 0.3) is 0 Å². The number of likely N-dealkylation sites (tertiary alicyclic amines) is 1. The summed E-state index contributed by atoms with van der Waals surface area (Å²) in [6.07, 6.45) is 0.0872. The average molecular weight is 247 g/mol. The zero-order valence-corrected chi connectivity index (χ0v) is 10.8. The zero-order valence-electron chi connectivity index (χ0n) is 10.8. The van der Waals surface area contributed by atoms with E-state index in [0.717, 1.165) is 16.7 Å². The lowest BCUT2D eigenvalue weighted by molar-refractivity contribution is -0.142. The Morgan fingerprint density at radius 3 is 2.67 bits per heavy atom. The molecule has 0 saturated carbocycles. The minimum absolute atomic E-state index is 0.0872. The van der Waals surface area contributed by atoms with Crippen LogP contribution in [0, 0.1) is 19.8 Å². The second kappa shape index (κ2) is 4.44. The molecular weight excluding hydrogens is 230 g/mol. The van der Waals surface area contributed by atoms with Gasteiger partial charge < -0.3 is 10.0 Å². The van der Waals surface area contributed by atoms with E-state index in [-0.39, 0.29) is 18.4 Å². The lowest BCUT2D eigenvalue weighted by Gasteiger charge is -2.25. The standard InChI is InChI=1S/C14H17NO3/c1-8-4-5-9(2)10(6-8)13-11(14(17)18)7-12(16)15(13)3/h4-6,11,13H,7H2,1-3H3,(H,17,18). The van der Waals surface area contributed by atoms with E-state index in [1.807, 2.05) is 32.0 Å². The van der Waals surface area contributed by atoms with Crippen molar-refractivity contribution in [3.05, 3.63) is 34.9 Å². The summed E-state index contributed by atoms with van der Waals surface area (Å²) in [6, 6.07) is 5.59. The molecule has 2 unspecified atom stereocenters. The molecule has 18 heavy (non-hydrogen) atoms. The molecule has 1 aromatic rings. The number of nitrogens with zero attached hydrogens (tertiary/aromatic N) is 1. The van der Waals surface area contributed by atoms with Gasteiger partial charge in [-0.05, 0) is 25.0 Å². The third kappa shape index (κ3) is 1.98. The Bertz CT molecular complexity index is 510. The van der Waals surface area contributed by atoms with E-state index in [1.165, 1.54) is 0 Å². The summed E-state index contributed by atoms with van der Waals surface area (Å²) < 4.78 is 0. The van der Waals surface area contributed by atoms with Gasteiger partial charge in [-0.1, -0.05) is 23.8 Å². The van der Waals surface area contributed by atoms with Gasteiger partial charge >= 0.3 is 5.97 Å². The molecule has 2 atom stereocenters. The number of benzene rings is 1. The second-order valence-electron chi connectivity index (χ2n) is 4.96. The van der Waals surface area contributed by atoms with Crippen LogP contribution in [0.15, 0.2) is 18.2 Å². The summed E-state index contributed by atoms with van der Waals surface area (Å²) in [4.78, 5) is 24.6. The smallest absolute Gasteiger partial charge is 0.309 e. The number of carbonyl (C=O) groups excluding carboxylic acids is 1. The molecule has 4 heteroatoms. The number of rotatable bonds is 2. The summed E-state index contributed by atoms with van der Waals surface area (Å²) >= 11 is 0. The van der Waals surface area contributed by atoms with E-state index in [1.54, 1.807) is 11.9 Å². The van der Waals surface area contributed by atoms with Crippen molar-refractivity contribution in [1.82, 2.24) is 4.90 Å². The topological polar surface area (TPSA) is 57.6 Å². The molecule has 0 spiro atoms. The van der Waals surface area contributed by atoms with Gasteiger partial charge in [0.05, 0.1) is 12.0 Å². The maximum atomic E-state index is 11.7. The van der Waals surface area contributed by atoms with Gasteiger partial charge in [-0.3, -0.25) is 9.59 Å². The summed E-state index contributed by atoms with van der Waals surface area (Å²) in [5.74, 6) is -1.66. The number of amides is 1. The van der Waals surface area contributed by atoms with Crippen molar-refractivity contribution in [3.8, 4) is 0 Å². The van der Waals surface area contributed by atoms with Gasteiger partial charge in [0, 0.05) is 13.5 Å². The SMILES string of the molecule is Cc1ccc(C)c(C2C(C(=O)O)CC(=O)N2C)c1. The maximum absolute atomic E-state index is 11.7. The fourth-order valence-electron chi connectivity index (χ4n) is 2.60. The van der Waals surface area contributed by atoms with Crippen molar-refractivity contribution in [1.29, 1.82) is 0 Å². The first kappa shape index (κ1) is 12.6. The fourth-order valence-corrected chi connectivity index (χ4v) is 2.60. The van der Waals surface area contributed by atoms with E-state index in [0.29, 0.717) is 0 Å². The van der Waals surface area contributed by atoms with Gasteiger partial charge in [0.1, 0.15) is 0 Å². The summed E-state index contributed by atoms with van der Waals surface area (Å²) in [5.41, 5.74) is 3.04. The van der Waals surface area contributed by atoms with Gasteiger partial charge in [0.25, 0.3) is 0 Å². The van der Waals surface area contributed by atoms with E-state index < -0.39 is 11.9 Å². The first-order chi connectivity index (χ1) is 8.41. The zero-order chi connectivity index (χ0) is 13.4. The van der Waals surface area contributed by atoms with Crippen molar-refractivity contribution in [3.63, 3.8) is 0 Å². The van der Waals surface area contributed by atoms with Gasteiger partial charge in [0.2, 0.25) is 5.91 Å². The molecule has 0 radical (unpaired) electrons. The molecule has 1 saturated heterocycles. The molecule has 1 N–H and O–H groups in total. The van der Waals surface area contributed by atoms with E-state index >= 15 is 0 Å². The Hall–Kier alpha value is -1.84. The second-order valence-corrected chi connectivity index (χ2v) is 4.96. The van der Waals surface area contributed by atoms with Crippen LogP contribution >= 0.6 is 0 Å². The van der Waals surface area contributed by atoms with Crippen LogP contribution in [0.3, 0.4) is 0 Å². The highest BCUT2D eigenvalue weighted by atomic mass is 16.4. The lowest BCUT2D eigenvalue weighted by atomic mass is 9.90. The number of carboxylic acids is 1. The van der Waals surface area contributed by atoms with Gasteiger partial charge in [-0.15, -0.1) is 0 Å². The largest absolute Gasteiger partial charge is 0.481 e. The molecule has 1 heterocycles. The van der Waals surface area contributed by atoms with Crippen LogP contribution in [0.2, 0.25) is 0 Å². The molecule has 1 aliphatic heterocycles. The Balaban J connectivity index is 2.49. The predicted molar refractivity (Wildman–Crippen MR) is 67.2 cm³/mol. The molecule has 0 bridgehead atoms. The molecule has 1 fully saturated rings. The third-order valence-electron chi connectivity index (χ3n) is 3.66. The highest BCUT2D eigenvalue weighted by Crippen LogP contribution is 2.38. The Kier molecular flexibility index (Phi) is 3.11. The Morgan fingerprint density at radius 1 is 1.39 bits per heavy atom. The number of aliphatic carboxylic acids is 1. The monoisotopic (exact) mass is 247 g/mol. The van der Waals surface area contributed by atoms with Crippen molar-refractivity contribution in [2.24, 2.45) is 5.92 Å². The molecule has 1 aromatic carbocycles. The average Bonchev–Trinajstić information content (AvgIpc) is 2.60. The third-order valence-corrected chi connectivity index (χ3v) is 3.66. The number of carbonyl (C=O) groups is 2.